The molecule has 0 spiro atoms. The standard InChI is InChI=1S/C16H22N4O2/c1-19(2)15(22)16(13-11-17-7-8-18-13)6-3-9-20(16)14(21)10-12-4-5-12/h7-8,11-12H,3-6,9-10H2,1-2H3/t16-/m1/s1. The molecule has 0 radical (unpaired) electrons. The van der Waals surface area contributed by atoms with Crippen LogP contribution in [-0.4, -0.2) is 52.2 Å². The fraction of sp³-hybridized carbons (Fsp3) is 0.625. The lowest BCUT2D eigenvalue weighted by atomic mass is 9.90. The third-order valence-electron chi connectivity index (χ3n) is 4.59. The fourth-order valence-corrected chi connectivity index (χ4v) is 3.32. The zero-order chi connectivity index (χ0) is 15.7. The first-order chi connectivity index (χ1) is 10.6. The lowest BCUT2D eigenvalue weighted by molar-refractivity contribution is -0.151. The molecule has 0 bridgehead atoms. The van der Waals surface area contributed by atoms with E-state index in [4.69, 9.17) is 0 Å². The number of hydrogen-bond acceptors (Lipinski definition) is 4. The van der Waals surface area contributed by atoms with Crippen LogP contribution in [0.2, 0.25) is 0 Å². The molecule has 1 saturated carbocycles. The van der Waals surface area contributed by atoms with Gasteiger partial charge in [-0.15, -0.1) is 0 Å². The van der Waals surface area contributed by atoms with Crippen molar-refractivity contribution in [1.82, 2.24) is 19.8 Å². The predicted molar refractivity (Wildman–Crippen MR) is 80.7 cm³/mol. The first-order valence-electron chi connectivity index (χ1n) is 7.84. The molecule has 2 fully saturated rings. The smallest absolute Gasteiger partial charge is 0.254 e. The lowest BCUT2D eigenvalue weighted by Crippen LogP contribution is -2.55. The Labute approximate surface area is 130 Å². The van der Waals surface area contributed by atoms with E-state index in [2.05, 4.69) is 9.97 Å². The van der Waals surface area contributed by atoms with E-state index in [1.807, 2.05) is 0 Å². The van der Waals surface area contributed by atoms with Gasteiger partial charge in [-0.3, -0.25) is 19.6 Å². The van der Waals surface area contributed by atoms with Crippen molar-refractivity contribution in [2.45, 2.75) is 37.6 Å². The number of amides is 2. The maximum absolute atomic E-state index is 12.9. The van der Waals surface area contributed by atoms with Crippen LogP contribution in [0.4, 0.5) is 0 Å². The van der Waals surface area contributed by atoms with E-state index in [0.717, 1.165) is 19.3 Å². The number of carbonyl (C=O) groups is 2. The van der Waals surface area contributed by atoms with E-state index in [-0.39, 0.29) is 11.8 Å². The normalized spacial score (nSPS) is 24.4. The van der Waals surface area contributed by atoms with Crippen LogP contribution in [-0.2, 0) is 15.1 Å². The second-order valence-electron chi connectivity index (χ2n) is 6.45. The van der Waals surface area contributed by atoms with Gasteiger partial charge >= 0.3 is 0 Å². The molecular weight excluding hydrogens is 280 g/mol. The zero-order valence-electron chi connectivity index (χ0n) is 13.2. The molecule has 0 N–H and O–H groups in total. The van der Waals surface area contributed by atoms with Gasteiger partial charge in [-0.25, -0.2) is 0 Å². The highest BCUT2D eigenvalue weighted by Crippen LogP contribution is 2.41. The molecule has 1 aromatic heterocycles. The van der Waals surface area contributed by atoms with E-state index in [1.165, 1.54) is 0 Å². The topological polar surface area (TPSA) is 66.4 Å². The maximum atomic E-state index is 12.9. The van der Waals surface area contributed by atoms with Gasteiger partial charge in [0.05, 0.1) is 11.9 Å². The average molecular weight is 302 g/mol. The van der Waals surface area contributed by atoms with Crippen molar-refractivity contribution in [3.8, 4) is 0 Å². The summed E-state index contributed by atoms with van der Waals surface area (Å²) in [6, 6.07) is 0. The molecule has 6 nitrogen and oxygen atoms in total. The zero-order valence-corrected chi connectivity index (χ0v) is 13.2. The number of likely N-dealkylation sites (N-methyl/N-ethyl adjacent to an activating group) is 1. The van der Waals surface area contributed by atoms with Crippen molar-refractivity contribution in [1.29, 1.82) is 0 Å². The van der Waals surface area contributed by atoms with Gasteiger partial charge in [-0.05, 0) is 31.6 Å². The van der Waals surface area contributed by atoms with Crippen molar-refractivity contribution < 1.29 is 9.59 Å². The molecule has 1 saturated heterocycles. The van der Waals surface area contributed by atoms with Crippen LogP contribution in [0.5, 0.6) is 0 Å². The van der Waals surface area contributed by atoms with Gasteiger partial charge in [0.1, 0.15) is 0 Å². The maximum Gasteiger partial charge on any atom is 0.254 e. The molecule has 1 atom stereocenters. The van der Waals surface area contributed by atoms with Gasteiger partial charge in [0.25, 0.3) is 5.91 Å². The van der Waals surface area contributed by atoms with Gasteiger partial charge in [0.2, 0.25) is 5.91 Å². The number of aromatic nitrogens is 2. The third kappa shape index (κ3) is 2.46. The summed E-state index contributed by atoms with van der Waals surface area (Å²) < 4.78 is 0. The van der Waals surface area contributed by atoms with E-state index >= 15 is 0 Å². The summed E-state index contributed by atoms with van der Waals surface area (Å²) in [4.78, 5) is 37.4. The van der Waals surface area contributed by atoms with Crippen molar-refractivity contribution >= 4 is 11.8 Å². The SMILES string of the molecule is CN(C)C(=O)[C@]1(c2cnccn2)CCCN1C(=O)CC1CC1. The largest absolute Gasteiger partial charge is 0.346 e. The highest BCUT2D eigenvalue weighted by Gasteiger charge is 2.53. The first kappa shape index (κ1) is 14.9. The number of carbonyl (C=O) groups excluding carboxylic acids is 2. The summed E-state index contributed by atoms with van der Waals surface area (Å²) in [5.41, 5.74) is -0.403. The van der Waals surface area contributed by atoms with E-state index in [1.54, 1.807) is 42.5 Å². The van der Waals surface area contributed by atoms with Gasteiger partial charge in [-0.2, -0.15) is 0 Å². The van der Waals surface area contributed by atoms with Crippen LogP contribution in [0, 0.1) is 5.92 Å². The Morgan fingerprint density at radius 3 is 2.73 bits per heavy atom. The van der Waals surface area contributed by atoms with Crippen molar-refractivity contribution in [2.24, 2.45) is 5.92 Å². The number of likely N-dealkylation sites (tertiary alicyclic amines) is 1. The second kappa shape index (κ2) is 5.66. The Bertz CT molecular complexity index is 571. The summed E-state index contributed by atoms with van der Waals surface area (Å²) >= 11 is 0. The third-order valence-corrected chi connectivity index (χ3v) is 4.59. The van der Waals surface area contributed by atoms with Crippen LogP contribution >= 0.6 is 0 Å². The van der Waals surface area contributed by atoms with E-state index in [0.29, 0.717) is 31.0 Å². The minimum Gasteiger partial charge on any atom is -0.346 e. The van der Waals surface area contributed by atoms with Crippen LogP contribution < -0.4 is 0 Å². The molecule has 118 valence electrons. The molecular formula is C16H22N4O2. The van der Waals surface area contributed by atoms with Gasteiger partial charge in [0, 0.05) is 39.5 Å². The van der Waals surface area contributed by atoms with Crippen molar-refractivity contribution in [3.05, 3.63) is 24.3 Å². The molecule has 0 aromatic carbocycles. The summed E-state index contributed by atoms with van der Waals surface area (Å²) in [6.45, 7) is 0.613. The van der Waals surface area contributed by atoms with Gasteiger partial charge in [0.15, 0.2) is 5.54 Å². The molecule has 2 amide bonds. The summed E-state index contributed by atoms with van der Waals surface area (Å²) in [6.07, 6.45) is 9.00. The number of hydrogen-bond donors (Lipinski definition) is 0. The van der Waals surface area contributed by atoms with Crippen LogP contribution in [0.25, 0.3) is 0 Å². The fourth-order valence-electron chi connectivity index (χ4n) is 3.32. The summed E-state index contributed by atoms with van der Waals surface area (Å²) in [5.74, 6) is 0.484. The monoisotopic (exact) mass is 302 g/mol. The quantitative estimate of drug-likeness (QED) is 0.838. The predicted octanol–water partition coefficient (Wildman–Crippen LogP) is 1.18. The van der Waals surface area contributed by atoms with Gasteiger partial charge < -0.3 is 9.80 Å². The highest BCUT2D eigenvalue weighted by atomic mass is 16.2. The average Bonchev–Trinajstić information content (AvgIpc) is 3.21. The van der Waals surface area contributed by atoms with E-state index < -0.39 is 5.54 Å². The molecule has 1 aliphatic carbocycles. The Balaban J connectivity index is 2.00. The van der Waals surface area contributed by atoms with E-state index in [9.17, 15) is 9.59 Å². The molecule has 22 heavy (non-hydrogen) atoms. The first-order valence-corrected chi connectivity index (χ1v) is 7.84. The molecule has 3 rings (SSSR count). The van der Waals surface area contributed by atoms with Gasteiger partial charge in [-0.1, -0.05) is 0 Å². The van der Waals surface area contributed by atoms with Crippen LogP contribution in [0.1, 0.15) is 37.8 Å². The minimum atomic E-state index is -0.982. The second-order valence-corrected chi connectivity index (χ2v) is 6.45. The molecule has 1 aliphatic heterocycles. The molecule has 2 aliphatic rings. The lowest BCUT2D eigenvalue weighted by Gasteiger charge is -2.38. The van der Waals surface area contributed by atoms with Crippen LogP contribution in [0.15, 0.2) is 18.6 Å². The summed E-state index contributed by atoms with van der Waals surface area (Å²) in [5, 5.41) is 0. The van der Waals surface area contributed by atoms with Crippen molar-refractivity contribution in [2.75, 3.05) is 20.6 Å². The molecule has 6 heteroatoms. The van der Waals surface area contributed by atoms with Crippen LogP contribution in [0.3, 0.4) is 0 Å². The van der Waals surface area contributed by atoms with Crippen molar-refractivity contribution in [3.63, 3.8) is 0 Å². The number of nitrogens with zero attached hydrogens (tertiary/aromatic N) is 4. The number of rotatable bonds is 4. The Kier molecular flexibility index (Phi) is 3.85. The summed E-state index contributed by atoms with van der Waals surface area (Å²) in [7, 11) is 3.45. The Morgan fingerprint density at radius 2 is 2.14 bits per heavy atom. The molecule has 2 heterocycles. The highest BCUT2D eigenvalue weighted by molar-refractivity contribution is 5.92. The minimum absolute atomic E-state index is 0.0702. The Morgan fingerprint density at radius 1 is 1.36 bits per heavy atom. The molecule has 0 unspecified atom stereocenters. The molecule has 1 aromatic rings. The Hall–Kier alpha value is -1.98.